The smallest absolute Gasteiger partial charge is 0.261 e. The van der Waals surface area contributed by atoms with Gasteiger partial charge in [0.05, 0.1) is 18.8 Å². The first kappa shape index (κ1) is 25.6. The number of pyridine rings is 3. The van der Waals surface area contributed by atoms with Gasteiger partial charge in [0, 0.05) is 48.5 Å². The van der Waals surface area contributed by atoms with Gasteiger partial charge in [0.1, 0.15) is 28.4 Å². The standard InChI is InChI=1S/C30H25FN4O4/c1-17-13-19(31)5-10-23(17)27-18(2)35(3)16-24(29(27)36)30(37)34-20-6-8-21(9-7-20)39-26-11-12-32-25-14-22(38-4)15-33-28(25)26/h5-16H,1-4H3,(H,34,37). The predicted octanol–water partition coefficient (Wildman–Crippen LogP) is 5.80. The van der Waals surface area contributed by atoms with Crippen molar-refractivity contribution in [3.63, 3.8) is 0 Å². The third-order valence-corrected chi connectivity index (χ3v) is 6.48. The number of ether oxygens (including phenoxy) is 2. The Morgan fingerprint density at radius 3 is 2.49 bits per heavy atom. The number of aryl methyl sites for hydroxylation is 2. The summed E-state index contributed by atoms with van der Waals surface area (Å²) in [5.41, 5.74) is 3.48. The maximum atomic E-state index is 13.7. The highest BCUT2D eigenvalue weighted by Crippen LogP contribution is 2.30. The molecule has 0 aliphatic rings. The number of benzene rings is 2. The lowest BCUT2D eigenvalue weighted by Gasteiger charge is -2.15. The fraction of sp³-hybridized carbons (Fsp3) is 0.133. The number of anilines is 1. The summed E-state index contributed by atoms with van der Waals surface area (Å²) in [5.74, 6) is 0.699. The number of aromatic nitrogens is 3. The zero-order valence-corrected chi connectivity index (χ0v) is 21.8. The molecule has 0 aliphatic carbocycles. The number of methoxy groups -OCH3 is 1. The first-order chi connectivity index (χ1) is 18.7. The van der Waals surface area contributed by atoms with Gasteiger partial charge in [-0.05, 0) is 61.4 Å². The van der Waals surface area contributed by atoms with Gasteiger partial charge in [-0.2, -0.15) is 0 Å². The van der Waals surface area contributed by atoms with Crippen LogP contribution in [0.15, 0.2) is 78.0 Å². The number of halogens is 1. The third-order valence-electron chi connectivity index (χ3n) is 6.48. The van der Waals surface area contributed by atoms with Crippen molar-refractivity contribution in [1.29, 1.82) is 0 Å². The SMILES string of the molecule is COc1cnc2c(Oc3ccc(NC(=O)c4cn(C)c(C)c(-c5ccc(F)cc5C)c4=O)cc3)ccnc2c1. The second-order valence-electron chi connectivity index (χ2n) is 9.03. The van der Waals surface area contributed by atoms with Crippen molar-refractivity contribution in [2.24, 2.45) is 7.05 Å². The van der Waals surface area contributed by atoms with Gasteiger partial charge in [-0.1, -0.05) is 6.07 Å². The Hall–Kier alpha value is -5.05. The van der Waals surface area contributed by atoms with Gasteiger partial charge in [0.25, 0.3) is 5.91 Å². The summed E-state index contributed by atoms with van der Waals surface area (Å²) in [6.07, 6.45) is 4.72. The van der Waals surface area contributed by atoms with E-state index in [4.69, 9.17) is 9.47 Å². The quantitative estimate of drug-likeness (QED) is 0.301. The van der Waals surface area contributed by atoms with Crippen LogP contribution in [0.2, 0.25) is 0 Å². The van der Waals surface area contributed by atoms with E-state index in [1.807, 2.05) is 0 Å². The summed E-state index contributed by atoms with van der Waals surface area (Å²) in [6, 6.07) is 14.5. The number of carbonyl (C=O) groups is 1. The molecule has 8 nitrogen and oxygen atoms in total. The fourth-order valence-corrected chi connectivity index (χ4v) is 4.32. The molecule has 3 heterocycles. The molecule has 0 bridgehead atoms. The number of hydrogen-bond acceptors (Lipinski definition) is 6. The predicted molar refractivity (Wildman–Crippen MR) is 147 cm³/mol. The lowest BCUT2D eigenvalue weighted by Crippen LogP contribution is -2.25. The molecule has 2 aromatic carbocycles. The van der Waals surface area contributed by atoms with E-state index in [1.54, 1.807) is 87.4 Å². The Balaban J connectivity index is 1.39. The minimum absolute atomic E-state index is 0.0214. The maximum absolute atomic E-state index is 13.7. The molecule has 3 aromatic heterocycles. The second kappa shape index (κ2) is 10.4. The molecule has 5 rings (SSSR count). The van der Waals surface area contributed by atoms with Crippen LogP contribution in [0.4, 0.5) is 10.1 Å². The molecule has 1 N–H and O–H groups in total. The van der Waals surface area contributed by atoms with Gasteiger partial charge in [-0.3, -0.25) is 14.6 Å². The molecule has 5 aromatic rings. The third kappa shape index (κ3) is 5.06. The zero-order chi connectivity index (χ0) is 27.7. The Labute approximate surface area is 223 Å². The van der Waals surface area contributed by atoms with E-state index in [9.17, 15) is 14.0 Å². The van der Waals surface area contributed by atoms with Gasteiger partial charge in [-0.15, -0.1) is 0 Å². The van der Waals surface area contributed by atoms with Gasteiger partial charge in [-0.25, -0.2) is 9.37 Å². The lowest BCUT2D eigenvalue weighted by atomic mass is 9.97. The summed E-state index contributed by atoms with van der Waals surface area (Å²) in [5, 5.41) is 2.78. The van der Waals surface area contributed by atoms with Gasteiger partial charge >= 0.3 is 0 Å². The van der Waals surface area contributed by atoms with E-state index in [0.717, 1.165) is 0 Å². The molecule has 9 heteroatoms. The molecule has 0 fully saturated rings. The number of carbonyl (C=O) groups excluding carboxylic acids is 1. The van der Waals surface area contributed by atoms with Crippen LogP contribution >= 0.6 is 0 Å². The van der Waals surface area contributed by atoms with Crippen molar-refractivity contribution in [3.8, 4) is 28.4 Å². The second-order valence-corrected chi connectivity index (χ2v) is 9.03. The fourth-order valence-electron chi connectivity index (χ4n) is 4.32. The number of fused-ring (bicyclic) bond motifs is 1. The minimum atomic E-state index is -0.552. The summed E-state index contributed by atoms with van der Waals surface area (Å²) in [6.45, 7) is 3.52. The first-order valence-electron chi connectivity index (χ1n) is 12.1. The molecule has 0 saturated heterocycles. The largest absolute Gasteiger partial charge is 0.495 e. The first-order valence-corrected chi connectivity index (χ1v) is 12.1. The average molecular weight is 525 g/mol. The van der Waals surface area contributed by atoms with Crippen LogP contribution < -0.4 is 20.2 Å². The van der Waals surface area contributed by atoms with Crippen molar-refractivity contribution in [3.05, 3.63) is 106 Å². The summed E-state index contributed by atoms with van der Waals surface area (Å²) in [7, 11) is 3.32. The summed E-state index contributed by atoms with van der Waals surface area (Å²) in [4.78, 5) is 35.2. The number of nitrogens with one attached hydrogen (secondary N) is 1. The van der Waals surface area contributed by atoms with E-state index in [2.05, 4.69) is 15.3 Å². The van der Waals surface area contributed by atoms with E-state index in [0.29, 0.717) is 56.4 Å². The molecule has 196 valence electrons. The van der Waals surface area contributed by atoms with Crippen LogP contribution in [0.3, 0.4) is 0 Å². The molecule has 0 saturated carbocycles. The van der Waals surface area contributed by atoms with Crippen molar-refractivity contribution < 1.29 is 18.7 Å². The van der Waals surface area contributed by atoms with Gasteiger partial charge < -0.3 is 19.4 Å². The Kier molecular flexibility index (Phi) is 6.81. The summed E-state index contributed by atoms with van der Waals surface area (Å²) < 4.78 is 26.6. The highest BCUT2D eigenvalue weighted by Gasteiger charge is 2.20. The molecular formula is C30H25FN4O4. The highest BCUT2D eigenvalue weighted by molar-refractivity contribution is 6.04. The van der Waals surface area contributed by atoms with Crippen molar-refractivity contribution in [2.75, 3.05) is 12.4 Å². The van der Waals surface area contributed by atoms with Crippen LogP contribution in [0.25, 0.3) is 22.2 Å². The molecule has 39 heavy (non-hydrogen) atoms. The van der Waals surface area contributed by atoms with E-state index in [1.165, 1.54) is 18.3 Å². The molecule has 0 unspecified atom stereocenters. The number of nitrogens with zero attached hydrogens (tertiary/aromatic N) is 3. The molecule has 1 amide bonds. The Morgan fingerprint density at radius 1 is 1.00 bits per heavy atom. The molecular weight excluding hydrogens is 499 g/mol. The van der Waals surface area contributed by atoms with Crippen molar-refractivity contribution in [1.82, 2.24) is 14.5 Å². The van der Waals surface area contributed by atoms with Gasteiger partial charge in [0.2, 0.25) is 5.43 Å². The van der Waals surface area contributed by atoms with Crippen molar-refractivity contribution in [2.45, 2.75) is 13.8 Å². The van der Waals surface area contributed by atoms with Gasteiger partial charge in [0.15, 0.2) is 5.75 Å². The average Bonchev–Trinajstić information content (AvgIpc) is 2.92. The van der Waals surface area contributed by atoms with E-state index >= 15 is 0 Å². The maximum Gasteiger partial charge on any atom is 0.261 e. The van der Waals surface area contributed by atoms with Crippen LogP contribution in [0, 0.1) is 19.7 Å². The van der Waals surface area contributed by atoms with Crippen LogP contribution in [0.5, 0.6) is 17.2 Å². The van der Waals surface area contributed by atoms with Crippen LogP contribution in [0.1, 0.15) is 21.6 Å². The minimum Gasteiger partial charge on any atom is -0.495 e. The highest BCUT2D eigenvalue weighted by atomic mass is 19.1. The van der Waals surface area contributed by atoms with Crippen molar-refractivity contribution >= 4 is 22.6 Å². The van der Waals surface area contributed by atoms with E-state index in [-0.39, 0.29) is 11.4 Å². The number of amides is 1. The summed E-state index contributed by atoms with van der Waals surface area (Å²) >= 11 is 0. The normalized spacial score (nSPS) is 10.9. The van der Waals surface area contributed by atoms with E-state index < -0.39 is 11.3 Å². The number of rotatable bonds is 6. The zero-order valence-electron chi connectivity index (χ0n) is 21.8. The lowest BCUT2D eigenvalue weighted by molar-refractivity contribution is 0.102. The Bertz CT molecular complexity index is 1780. The van der Waals surface area contributed by atoms with Crippen LogP contribution in [-0.2, 0) is 7.05 Å². The monoisotopic (exact) mass is 524 g/mol. The topological polar surface area (TPSA) is 95.3 Å². The molecule has 0 aliphatic heterocycles. The molecule has 0 atom stereocenters. The Morgan fingerprint density at radius 2 is 1.77 bits per heavy atom. The number of hydrogen-bond donors (Lipinski definition) is 1. The molecule has 0 radical (unpaired) electrons. The molecule has 0 spiro atoms. The van der Waals surface area contributed by atoms with Crippen LogP contribution in [-0.4, -0.2) is 27.6 Å².